The topological polar surface area (TPSA) is 35.5 Å². The lowest BCUT2D eigenvalue weighted by Gasteiger charge is -2.13. The number of alkyl halides is 3. The molecular formula is C4H7Cl3O3Si. The molecule has 1 atom stereocenters. The van der Waals surface area contributed by atoms with Crippen LogP contribution in [0.5, 0.6) is 0 Å². The van der Waals surface area contributed by atoms with Crippen molar-refractivity contribution in [3.63, 3.8) is 0 Å². The van der Waals surface area contributed by atoms with Crippen LogP contribution in [-0.2, 0) is 13.6 Å². The SMILES string of the molecule is CO[SiH](C)OC(=O)C(Cl)(Cl)Cl. The normalized spacial score (nSPS) is 14.3. The molecule has 0 aromatic heterocycles. The van der Waals surface area contributed by atoms with Gasteiger partial charge in [0.15, 0.2) is 0 Å². The molecule has 0 saturated heterocycles. The summed E-state index contributed by atoms with van der Waals surface area (Å²) in [6.07, 6.45) is 0. The maximum atomic E-state index is 10.8. The lowest BCUT2D eigenvalue weighted by atomic mass is 10.8. The largest absolute Gasteiger partial charge is 0.494 e. The van der Waals surface area contributed by atoms with Gasteiger partial charge >= 0.3 is 15.3 Å². The van der Waals surface area contributed by atoms with Crippen LogP contribution < -0.4 is 0 Å². The van der Waals surface area contributed by atoms with Crippen LogP contribution in [0.25, 0.3) is 0 Å². The first-order valence-corrected chi connectivity index (χ1v) is 5.91. The fourth-order valence-corrected chi connectivity index (χ4v) is 1.20. The summed E-state index contributed by atoms with van der Waals surface area (Å²) in [7, 11) is -0.509. The van der Waals surface area contributed by atoms with Crippen molar-refractivity contribution in [2.24, 2.45) is 0 Å². The van der Waals surface area contributed by atoms with Crippen molar-refractivity contribution >= 4 is 50.1 Å². The van der Waals surface area contributed by atoms with Gasteiger partial charge in [-0.15, -0.1) is 0 Å². The van der Waals surface area contributed by atoms with Crippen molar-refractivity contribution in [2.45, 2.75) is 10.3 Å². The minimum absolute atomic E-state index is 0.886. The van der Waals surface area contributed by atoms with E-state index >= 15 is 0 Å². The highest BCUT2D eigenvalue weighted by atomic mass is 35.6. The van der Waals surface area contributed by atoms with Crippen LogP contribution in [0.1, 0.15) is 0 Å². The summed E-state index contributed by atoms with van der Waals surface area (Å²) in [5, 5.41) is 0. The Hall–Kier alpha value is 0.517. The molecule has 0 heterocycles. The molecule has 0 amide bonds. The molecule has 66 valence electrons. The van der Waals surface area contributed by atoms with E-state index in [9.17, 15) is 4.79 Å². The molecule has 0 saturated carbocycles. The smallest absolute Gasteiger partial charge is 0.382 e. The van der Waals surface area contributed by atoms with Crippen molar-refractivity contribution in [1.82, 2.24) is 0 Å². The summed E-state index contributed by atoms with van der Waals surface area (Å²) >= 11 is 15.6. The Morgan fingerprint density at radius 1 is 1.45 bits per heavy atom. The van der Waals surface area contributed by atoms with E-state index in [1.807, 2.05) is 0 Å². The molecular weight excluding hydrogens is 230 g/mol. The monoisotopic (exact) mass is 236 g/mol. The Balaban J connectivity index is 3.88. The van der Waals surface area contributed by atoms with E-state index in [0.29, 0.717) is 0 Å². The summed E-state index contributed by atoms with van der Waals surface area (Å²) in [6.45, 7) is 1.65. The Kier molecular flexibility index (Phi) is 4.73. The summed E-state index contributed by atoms with van der Waals surface area (Å²) in [6, 6.07) is 0. The van der Waals surface area contributed by atoms with Gasteiger partial charge in [-0.1, -0.05) is 34.8 Å². The Labute approximate surface area is 81.4 Å². The summed E-state index contributed by atoms with van der Waals surface area (Å²) in [4.78, 5) is 10.8. The lowest BCUT2D eigenvalue weighted by molar-refractivity contribution is -0.134. The van der Waals surface area contributed by atoms with Crippen molar-refractivity contribution < 1.29 is 13.6 Å². The average Bonchev–Trinajstić information content (AvgIpc) is 1.85. The third kappa shape index (κ3) is 4.87. The predicted molar refractivity (Wildman–Crippen MR) is 46.4 cm³/mol. The van der Waals surface area contributed by atoms with Gasteiger partial charge in [-0.25, -0.2) is 4.79 Å². The minimum Gasteiger partial charge on any atom is -0.494 e. The molecule has 0 rings (SSSR count). The van der Waals surface area contributed by atoms with Crippen LogP contribution in [0.4, 0.5) is 0 Å². The van der Waals surface area contributed by atoms with Crippen molar-refractivity contribution in [3.8, 4) is 0 Å². The molecule has 0 aromatic rings. The third-order valence-electron chi connectivity index (χ3n) is 0.836. The Morgan fingerprint density at radius 2 is 1.91 bits per heavy atom. The van der Waals surface area contributed by atoms with E-state index in [-0.39, 0.29) is 0 Å². The quantitative estimate of drug-likeness (QED) is 0.538. The number of carbonyl (C=O) groups is 1. The Bertz CT molecular complexity index is 146. The zero-order valence-electron chi connectivity index (χ0n) is 5.94. The highest BCUT2D eigenvalue weighted by Crippen LogP contribution is 2.27. The Morgan fingerprint density at radius 3 is 2.18 bits per heavy atom. The fourth-order valence-electron chi connectivity index (χ4n) is 0.266. The lowest BCUT2D eigenvalue weighted by Crippen LogP contribution is -2.29. The minimum atomic E-state index is -2.00. The molecule has 0 aliphatic heterocycles. The first kappa shape index (κ1) is 11.5. The van der Waals surface area contributed by atoms with Gasteiger partial charge in [-0.05, 0) is 6.55 Å². The van der Waals surface area contributed by atoms with Crippen LogP contribution >= 0.6 is 34.8 Å². The van der Waals surface area contributed by atoms with Crippen LogP contribution in [0, 0.1) is 0 Å². The van der Waals surface area contributed by atoms with E-state index < -0.39 is 19.0 Å². The molecule has 3 nitrogen and oxygen atoms in total. The molecule has 0 aliphatic carbocycles. The van der Waals surface area contributed by atoms with Crippen LogP contribution in [0.3, 0.4) is 0 Å². The van der Waals surface area contributed by atoms with Crippen molar-refractivity contribution in [1.29, 1.82) is 0 Å². The first-order chi connectivity index (χ1) is 4.88. The molecule has 0 aromatic carbocycles. The highest BCUT2D eigenvalue weighted by molar-refractivity contribution is 6.76. The second-order valence-corrected chi connectivity index (χ2v) is 5.83. The van der Waals surface area contributed by atoms with Gasteiger partial charge in [-0.2, -0.15) is 0 Å². The summed E-state index contributed by atoms with van der Waals surface area (Å²) < 4.78 is 7.38. The molecule has 0 spiro atoms. The summed E-state index contributed by atoms with van der Waals surface area (Å²) in [5.41, 5.74) is 0. The van der Waals surface area contributed by atoms with Gasteiger partial charge < -0.3 is 8.85 Å². The zero-order chi connectivity index (χ0) is 9.07. The van der Waals surface area contributed by atoms with Gasteiger partial charge in [-0.3, -0.25) is 0 Å². The number of hydrogen-bond acceptors (Lipinski definition) is 3. The van der Waals surface area contributed by atoms with Gasteiger partial charge in [0.25, 0.3) is 3.79 Å². The maximum absolute atomic E-state index is 10.8. The van der Waals surface area contributed by atoms with Crippen molar-refractivity contribution in [2.75, 3.05) is 7.11 Å². The highest BCUT2D eigenvalue weighted by Gasteiger charge is 2.33. The standard InChI is InChI=1S/C4H7Cl3O3Si/c1-9-11(2)10-3(8)4(5,6)7/h11H,1-2H3. The van der Waals surface area contributed by atoms with Crippen LogP contribution in [0.2, 0.25) is 6.55 Å². The zero-order valence-corrected chi connectivity index (χ0v) is 9.36. The number of carbonyl (C=O) groups excluding carboxylic acids is 1. The fraction of sp³-hybridized carbons (Fsp3) is 0.750. The van der Waals surface area contributed by atoms with Gasteiger partial charge in [0, 0.05) is 7.11 Å². The molecule has 0 N–H and O–H groups in total. The van der Waals surface area contributed by atoms with Gasteiger partial charge in [0.05, 0.1) is 0 Å². The van der Waals surface area contributed by atoms with Gasteiger partial charge in [0.1, 0.15) is 0 Å². The second kappa shape index (κ2) is 4.52. The van der Waals surface area contributed by atoms with Crippen LogP contribution in [-0.4, -0.2) is 26.2 Å². The number of hydrogen-bond donors (Lipinski definition) is 0. The molecule has 11 heavy (non-hydrogen) atoms. The van der Waals surface area contributed by atoms with Crippen molar-refractivity contribution in [3.05, 3.63) is 0 Å². The molecule has 1 unspecified atom stereocenters. The first-order valence-electron chi connectivity index (χ1n) is 2.68. The molecule has 0 aliphatic rings. The van der Waals surface area contributed by atoms with Crippen LogP contribution in [0.15, 0.2) is 0 Å². The molecule has 0 bridgehead atoms. The van der Waals surface area contributed by atoms with E-state index in [2.05, 4.69) is 4.43 Å². The van der Waals surface area contributed by atoms with E-state index in [1.54, 1.807) is 6.55 Å². The summed E-state index contributed by atoms with van der Waals surface area (Å²) in [5.74, 6) is -0.886. The van der Waals surface area contributed by atoms with E-state index in [0.717, 1.165) is 0 Å². The van der Waals surface area contributed by atoms with Gasteiger partial charge in [0.2, 0.25) is 0 Å². The molecule has 0 fully saturated rings. The molecule has 0 radical (unpaired) electrons. The predicted octanol–water partition coefficient (Wildman–Crippen LogP) is 1.40. The number of rotatable bonds is 2. The van der Waals surface area contributed by atoms with E-state index in [4.69, 9.17) is 39.2 Å². The average molecular weight is 238 g/mol. The van der Waals surface area contributed by atoms with E-state index in [1.165, 1.54) is 7.11 Å². The second-order valence-electron chi connectivity index (χ2n) is 1.71. The number of halogens is 3. The third-order valence-corrected chi connectivity index (χ3v) is 2.51. The molecule has 7 heteroatoms. The maximum Gasteiger partial charge on any atom is 0.382 e.